The maximum atomic E-state index is 12.4. The number of nitrogens with zero attached hydrogens (tertiary/aromatic N) is 1. The molecule has 2 N–H and O–H groups in total. The zero-order valence-electron chi connectivity index (χ0n) is 12.7. The molecule has 2 rings (SSSR count). The van der Waals surface area contributed by atoms with E-state index in [1.807, 2.05) is 0 Å². The molecule has 23 heavy (non-hydrogen) atoms. The van der Waals surface area contributed by atoms with Crippen LogP contribution in [0.4, 0.5) is 5.69 Å². The van der Waals surface area contributed by atoms with Crippen molar-refractivity contribution in [1.82, 2.24) is 4.90 Å². The molecule has 1 amide bonds. The van der Waals surface area contributed by atoms with Gasteiger partial charge in [-0.15, -0.1) is 0 Å². The van der Waals surface area contributed by atoms with Crippen LogP contribution in [0.2, 0.25) is 10.0 Å². The number of anilines is 1. The Balaban J connectivity index is 2.43. The van der Waals surface area contributed by atoms with Crippen molar-refractivity contribution in [2.45, 2.75) is 6.92 Å². The molecule has 0 spiro atoms. The van der Waals surface area contributed by atoms with Gasteiger partial charge in [0.2, 0.25) is 0 Å². The molecular formula is C15H16Cl2N2O4. The molecule has 1 aromatic rings. The van der Waals surface area contributed by atoms with Gasteiger partial charge in [-0.25, -0.2) is 4.79 Å². The number of amides is 1. The van der Waals surface area contributed by atoms with E-state index in [2.05, 4.69) is 5.32 Å². The van der Waals surface area contributed by atoms with Gasteiger partial charge in [0, 0.05) is 6.54 Å². The molecule has 124 valence electrons. The number of rotatable bonds is 5. The van der Waals surface area contributed by atoms with Crippen LogP contribution in [0.25, 0.3) is 0 Å². The number of aliphatic hydroxyl groups excluding tert-OH is 1. The Morgan fingerprint density at radius 2 is 2.13 bits per heavy atom. The molecule has 1 aliphatic rings. The number of aryl methyl sites for hydroxylation is 1. The standard InChI is InChI=1S/C15H16Cl2N2O4/c1-8-3-4-10(16)13(11(8)17)18-12-9(15(22)23-2)7-19(5-6-20)14(12)21/h3-4,18,20H,5-7H2,1-2H3. The van der Waals surface area contributed by atoms with Gasteiger partial charge < -0.3 is 20.1 Å². The van der Waals surface area contributed by atoms with E-state index in [-0.39, 0.29) is 31.0 Å². The molecule has 0 radical (unpaired) electrons. The Hall–Kier alpha value is -1.76. The number of nitrogens with one attached hydrogen (secondary N) is 1. The van der Waals surface area contributed by atoms with Gasteiger partial charge in [0.25, 0.3) is 5.91 Å². The molecule has 1 aliphatic heterocycles. The van der Waals surface area contributed by atoms with Crippen LogP contribution < -0.4 is 5.32 Å². The van der Waals surface area contributed by atoms with E-state index in [0.29, 0.717) is 15.7 Å². The van der Waals surface area contributed by atoms with Gasteiger partial charge in [-0.1, -0.05) is 29.3 Å². The van der Waals surface area contributed by atoms with Crippen molar-refractivity contribution in [1.29, 1.82) is 0 Å². The molecule has 0 unspecified atom stereocenters. The summed E-state index contributed by atoms with van der Waals surface area (Å²) in [5.74, 6) is -1.05. The Morgan fingerprint density at radius 3 is 2.74 bits per heavy atom. The summed E-state index contributed by atoms with van der Waals surface area (Å²) in [5.41, 5.74) is 1.35. The maximum Gasteiger partial charge on any atom is 0.337 e. The molecule has 0 aromatic heterocycles. The number of esters is 1. The van der Waals surface area contributed by atoms with Crippen LogP contribution in [0.3, 0.4) is 0 Å². The lowest BCUT2D eigenvalue weighted by atomic mass is 10.2. The summed E-state index contributed by atoms with van der Waals surface area (Å²) in [6.45, 7) is 1.75. The summed E-state index contributed by atoms with van der Waals surface area (Å²) in [6, 6.07) is 3.40. The lowest BCUT2D eigenvalue weighted by Crippen LogP contribution is -2.31. The number of aliphatic hydroxyl groups is 1. The van der Waals surface area contributed by atoms with E-state index in [9.17, 15) is 9.59 Å². The molecule has 0 saturated carbocycles. The second kappa shape index (κ2) is 7.21. The van der Waals surface area contributed by atoms with Gasteiger partial charge in [0.1, 0.15) is 5.70 Å². The predicted molar refractivity (Wildman–Crippen MR) is 87.5 cm³/mol. The summed E-state index contributed by atoms with van der Waals surface area (Å²) in [5, 5.41) is 12.6. The average molecular weight is 359 g/mol. The Bertz CT molecular complexity index is 688. The van der Waals surface area contributed by atoms with Crippen molar-refractivity contribution in [2.75, 3.05) is 32.1 Å². The van der Waals surface area contributed by atoms with Crippen LogP contribution in [-0.2, 0) is 14.3 Å². The fraction of sp³-hybridized carbons (Fsp3) is 0.333. The fourth-order valence-corrected chi connectivity index (χ4v) is 2.71. The average Bonchev–Trinajstić information content (AvgIpc) is 2.84. The third-order valence-corrected chi connectivity index (χ3v) is 4.29. The first kappa shape index (κ1) is 17.6. The molecule has 0 fully saturated rings. The van der Waals surface area contributed by atoms with E-state index >= 15 is 0 Å². The van der Waals surface area contributed by atoms with Crippen molar-refractivity contribution < 1.29 is 19.4 Å². The van der Waals surface area contributed by atoms with Crippen molar-refractivity contribution in [3.05, 3.63) is 39.0 Å². The number of carbonyl (C=O) groups excluding carboxylic acids is 2. The number of benzene rings is 1. The predicted octanol–water partition coefficient (Wildman–Crippen LogP) is 1.98. The summed E-state index contributed by atoms with van der Waals surface area (Å²) < 4.78 is 4.72. The molecule has 8 heteroatoms. The highest BCUT2D eigenvalue weighted by molar-refractivity contribution is 6.39. The molecule has 0 aliphatic carbocycles. The minimum absolute atomic E-state index is 0.0510. The summed E-state index contributed by atoms with van der Waals surface area (Å²) >= 11 is 12.4. The van der Waals surface area contributed by atoms with Crippen LogP contribution in [0.1, 0.15) is 5.56 Å². The summed E-state index contributed by atoms with van der Waals surface area (Å²) in [7, 11) is 1.23. The van der Waals surface area contributed by atoms with E-state index in [1.54, 1.807) is 19.1 Å². The lowest BCUT2D eigenvalue weighted by molar-refractivity contribution is -0.136. The van der Waals surface area contributed by atoms with Crippen LogP contribution in [-0.4, -0.2) is 48.7 Å². The number of β-amino-alcohol motifs (C(OH)–C–C–N with tert-alkyl or cyclic N) is 1. The van der Waals surface area contributed by atoms with Crippen LogP contribution in [0, 0.1) is 6.92 Å². The van der Waals surface area contributed by atoms with Crippen LogP contribution >= 0.6 is 23.2 Å². The van der Waals surface area contributed by atoms with E-state index in [4.69, 9.17) is 33.0 Å². The zero-order valence-corrected chi connectivity index (χ0v) is 14.2. The molecule has 1 aromatic carbocycles. The Kier molecular flexibility index (Phi) is 5.51. The van der Waals surface area contributed by atoms with Crippen molar-refractivity contribution in [3.63, 3.8) is 0 Å². The number of hydrogen-bond donors (Lipinski definition) is 2. The topological polar surface area (TPSA) is 78.9 Å². The molecular weight excluding hydrogens is 343 g/mol. The zero-order chi connectivity index (χ0) is 17.1. The second-order valence-electron chi connectivity index (χ2n) is 4.97. The molecule has 0 bridgehead atoms. The first-order valence-electron chi connectivity index (χ1n) is 6.84. The normalized spacial score (nSPS) is 14.5. The highest BCUT2D eigenvalue weighted by Gasteiger charge is 2.35. The highest BCUT2D eigenvalue weighted by atomic mass is 35.5. The first-order valence-corrected chi connectivity index (χ1v) is 7.59. The minimum atomic E-state index is -0.624. The molecule has 0 atom stereocenters. The number of methoxy groups -OCH3 is 1. The monoisotopic (exact) mass is 358 g/mol. The van der Waals surface area contributed by atoms with Crippen LogP contribution in [0.15, 0.2) is 23.4 Å². The van der Waals surface area contributed by atoms with E-state index in [0.717, 1.165) is 5.56 Å². The van der Waals surface area contributed by atoms with Gasteiger partial charge in [-0.3, -0.25) is 4.79 Å². The minimum Gasteiger partial charge on any atom is -0.466 e. The van der Waals surface area contributed by atoms with Gasteiger partial charge in [-0.2, -0.15) is 0 Å². The molecule has 6 nitrogen and oxygen atoms in total. The van der Waals surface area contributed by atoms with Crippen LogP contribution in [0.5, 0.6) is 0 Å². The highest BCUT2D eigenvalue weighted by Crippen LogP contribution is 2.35. The van der Waals surface area contributed by atoms with E-state index in [1.165, 1.54) is 12.0 Å². The van der Waals surface area contributed by atoms with Crippen molar-refractivity contribution >= 4 is 40.8 Å². The maximum absolute atomic E-state index is 12.4. The van der Waals surface area contributed by atoms with Gasteiger partial charge in [-0.05, 0) is 18.6 Å². The number of ether oxygens (including phenoxy) is 1. The number of halogens is 2. The second-order valence-corrected chi connectivity index (χ2v) is 5.76. The Morgan fingerprint density at radius 1 is 1.43 bits per heavy atom. The first-order chi connectivity index (χ1) is 10.9. The lowest BCUT2D eigenvalue weighted by Gasteiger charge is -2.16. The van der Waals surface area contributed by atoms with Gasteiger partial charge in [0.05, 0.1) is 41.6 Å². The van der Waals surface area contributed by atoms with Crippen molar-refractivity contribution in [2.24, 2.45) is 0 Å². The number of carbonyl (C=O) groups is 2. The van der Waals surface area contributed by atoms with Gasteiger partial charge in [0.15, 0.2) is 0 Å². The van der Waals surface area contributed by atoms with E-state index < -0.39 is 11.9 Å². The SMILES string of the molecule is COC(=O)C1=C(Nc2c(Cl)ccc(C)c2Cl)C(=O)N(CCO)C1. The quantitative estimate of drug-likeness (QED) is 0.786. The number of hydrogen-bond acceptors (Lipinski definition) is 5. The summed E-state index contributed by atoms with van der Waals surface area (Å²) in [4.78, 5) is 25.7. The third-order valence-electron chi connectivity index (χ3n) is 3.49. The molecule has 1 heterocycles. The van der Waals surface area contributed by atoms with Gasteiger partial charge >= 0.3 is 5.97 Å². The van der Waals surface area contributed by atoms with Crippen molar-refractivity contribution in [3.8, 4) is 0 Å². The largest absolute Gasteiger partial charge is 0.466 e. The Labute approximate surface area is 143 Å². The fourth-order valence-electron chi connectivity index (χ4n) is 2.25. The smallest absolute Gasteiger partial charge is 0.337 e. The molecule has 0 saturated heterocycles. The summed E-state index contributed by atoms with van der Waals surface area (Å²) in [6.07, 6.45) is 0. The third kappa shape index (κ3) is 3.44.